The molecule has 3 aromatic carbocycles. The molecule has 0 atom stereocenters. The van der Waals surface area contributed by atoms with Gasteiger partial charge in [0.15, 0.2) is 0 Å². The number of carbonyl (C=O) groups excluding carboxylic acids is 2. The van der Waals surface area contributed by atoms with Gasteiger partial charge in [-0.15, -0.1) is 0 Å². The molecule has 0 aliphatic carbocycles. The zero-order valence-electron chi connectivity index (χ0n) is 21.9. The van der Waals surface area contributed by atoms with Crippen molar-refractivity contribution >= 4 is 24.1 Å². The summed E-state index contributed by atoms with van der Waals surface area (Å²) in [5.74, 6) is 0.992. The van der Waals surface area contributed by atoms with Gasteiger partial charge in [-0.05, 0) is 73.4 Å². The van der Waals surface area contributed by atoms with E-state index >= 15 is 0 Å². The van der Waals surface area contributed by atoms with Gasteiger partial charge in [-0.2, -0.15) is 0 Å². The third kappa shape index (κ3) is 7.55. The number of allylic oxidation sites excluding steroid dienone is 1. The predicted molar refractivity (Wildman–Crippen MR) is 153 cm³/mol. The first-order chi connectivity index (χ1) is 18.0. The molecule has 0 bridgehead atoms. The van der Waals surface area contributed by atoms with Crippen LogP contribution in [0.5, 0.6) is 17.2 Å². The third-order valence-corrected chi connectivity index (χ3v) is 5.36. The molecule has 0 aromatic heterocycles. The van der Waals surface area contributed by atoms with Gasteiger partial charge in [0.2, 0.25) is 0 Å². The van der Waals surface area contributed by atoms with Crippen molar-refractivity contribution in [3.8, 4) is 28.4 Å². The summed E-state index contributed by atoms with van der Waals surface area (Å²) in [4.78, 5) is 24.0. The average molecular weight is 507 g/mol. The maximum absolute atomic E-state index is 12.3. The molecule has 5 nitrogen and oxygen atoms in total. The topological polar surface area (TPSA) is 61.8 Å². The van der Waals surface area contributed by atoms with Crippen molar-refractivity contribution < 1.29 is 23.8 Å². The summed E-state index contributed by atoms with van der Waals surface area (Å²) in [7, 11) is 0. The van der Waals surface area contributed by atoms with Crippen molar-refractivity contribution in [1.82, 2.24) is 0 Å². The fraction of sp³-hybridized carbons (Fsp3) is 0.0909. The van der Waals surface area contributed by atoms with Gasteiger partial charge in [0.1, 0.15) is 23.0 Å². The van der Waals surface area contributed by atoms with Gasteiger partial charge in [0.25, 0.3) is 0 Å². The third-order valence-electron chi connectivity index (χ3n) is 5.36. The Hall–Kier alpha value is -4.90. The lowest BCUT2D eigenvalue weighted by atomic mass is 10.0. The van der Waals surface area contributed by atoms with Crippen molar-refractivity contribution in [2.75, 3.05) is 0 Å². The van der Waals surface area contributed by atoms with Crippen LogP contribution in [-0.4, -0.2) is 11.9 Å². The van der Waals surface area contributed by atoms with Gasteiger partial charge in [0.05, 0.1) is 0 Å². The molecule has 0 heterocycles. The summed E-state index contributed by atoms with van der Waals surface area (Å²) in [5, 5.41) is 0. The van der Waals surface area contributed by atoms with Gasteiger partial charge in [-0.3, -0.25) is 0 Å². The van der Waals surface area contributed by atoms with E-state index < -0.39 is 11.9 Å². The molecule has 0 aliphatic heterocycles. The summed E-state index contributed by atoms with van der Waals surface area (Å²) in [6.07, 6.45) is 3.72. The number of esters is 2. The quantitative estimate of drug-likeness (QED) is 0.0697. The number of ether oxygens (including phenoxy) is 3. The number of carbonyl (C=O) groups is 2. The van der Waals surface area contributed by atoms with E-state index in [-0.39, 0.29) is 0 Å². The van der Waals surface area contributed by atoms with Crippen molar-refractivity contribution in [3.05, 3.63) is 127 Å². The van der Waals surface area contributed by atoms with E-state index in [1.54, 1.807) is 26.0 Å². The standard InChI is InChI=1S/C33H30O5/c1-21(2)24(7)36-29-18-14-26(15-19-29)28-13-12-27(31(20-28)38-33(35)23(5)6)11-8-25-9-16-30(17-10-25)37-32(34)22(3)4/h8-20H,1,3,5,7H2,2,4,6H3/b11-8+. The van der Waals surface area contributed by atoms with Crippen LogP contribution in [0, 0.1) is 0 Å². The highest BCUT2D eigenvalue weighted by molar-refractivity contribution is 5.90. The normalized spacial score (nSPS) is 10.5. The van der Waals surface area contributed by atoms with Crippen molar-refractivity contribution in [3.63, 3.8) is 0 Å². The highest BCUT2D eigenvalue weighted by Gasteiger charge is 2.11. The van der Waals surface area contributed by atoms with E-state index in [4.69, 9.17) is 14.2 Å². The Morgan fingerprint density at radius 1 is 0.605 bits per heavy atom. The molecule has 0 saturated heterocycles. The van der Waals surface area contributed by atoms with Crippen LogP contribution in [0.4, 0.5) is 0 Å². The largest absolute Gasteiger partial charge is 0.458 e. The predicted octanol–water partition coefficient (Wildman–Crippen LogP) is 7.96. The molecule has 5 heteroatoms. The first-order valence-electron chi connectivity index (χ1n) is 11.8. The maximum Gasteiger partial charge on any atom is 0.338 e. The lowest BCUT2D eigenvalue weighted by Gasteiger charge is -2.12. The lowest BCUT2D eigenvalue weighted by molar-refractivity contribution is -0.130. The fourth-order valence-corrected chi connectivity index (χ4v) is 3.10. The Morgan fingerprint density at radius 2 is 1.13 bits per heavy atom. The first-order valence-corrected chi connectivity index (χ1v) is 11.8. The highest BCUT2D eigenvalue weighted by Crippen LogP contribution is 2.31. The molecule has 0 N–H and O–H groups in total. The van der Waals surface area contributed by atoms with Crippen LogP contribution in [0.1, 0.15) is 31.9 Å². The zero-order chi connectivity index (χ0) is 27.8. The SMILES string of the molecule is C=C(C)C(=C)Oc1ccc(-c2ccc(/C=C/c3ccc(OC(=O)C(=C)C)cc3)c(OC(=O)C(=C)C)c2)cc1. The summed E-state index contributed by atoms with van der Waals surface area (Å²) in [6.45, 7) is 20.0. The minimum absolute atomic E-state index is 0.296. The Kier molecular flexibility index (Phi) is 9.01. The lowest BCUT2D eigenvalue weighted by Crippen LogP contribution is -2.09. The molecule has 38 heavy (non-hydrogen) atoms. The van der Waals surface area contributed by atoms with Crippen molar-refractivity contribution in [1.29, 1.82) is 0 Å². The minimum Gasteiger partial charge on any atom is -0.458 e. The zero-order valence-corrected chi connectivity index (χ0v) is 21.9. The van der Waals surface area contributed by atoms with Crippen LogP contribution in [0.3, 0.4) is 0 Å². The molecular weight excluding hydrogens is 476 g/mol. The van der Waals surface area contributed by atoms with Crippen LogP contribution >= 0.6 is 0 Å². The van der Waals surface area contributed by atoms with Gasteiger partial charge in [-0.1, -0.05) is 74.9 Å². The second kappa shape index (κ2) is 12.4. The Morgan fingerprint density at radius 3 is 1.71 bits per heavy atom. The summed E-state index contributed by atoms with van der Waals surface area (Å²) in [5.41, 5.74) is 4.73. The maximum atomic E-state index is 12.3. The van der Waals surface area contributed by atoms with Gasteiger partial charge in [0, 0.05) is 16.7 Å². The van der Waals surface area contributed by atoms with Crippen LogP contribution < -0.4 is 14.2 Å². The summed E-state index contributed by atoms with van der Waals surface area (Å²) >= 11 is 0. The van der Waals surface area contributed by atoms with Crippen LogP contribution in [-0.2, 0) is 9.59 Å². The molecule has 0 aliphatic rings. The molecule has 0 amide bonds. The molecule has 3 aromatic rings. The van der Waals surface area contributed by atoms with E-state index in [1.165, 1.54) is 0 Å². The second-order valence-corrected chi connectivity index (χ2v) is 8.82. The number of benzene rings is 3. The Bertz CT molecular complexity index is 1440. The van der Waals surface area contributed by atoms with E-state index in [1.807, 2.05) is 73.7 Å². The summed E-state index contributed by atoms with van der Waals surface area (Å²) < 4.78 is 16.6. The van der Waals surface area contributed by atoms with Gasteiger partial charge < -0.3 is 14.2 Å². The molecular formula is C33H30O5. The van der Waals surface area contributed by atoms with Crippen molar-refractivity contribution in [2.45, 2.75) is 20.8 Å². The molecule has 0 saturated carbocycles. The Balaban J connectivity index is 1.85. The second-order valence-electron chi connectivity index (χ2n) is 8.82. The first kappa shape index (κ1) is 27.7. The molecule has 0 spiro atoms. The molecule has 192 valence electrons. The van der Waals surface area contributed by atoms with E-state index in [0.717, 1.165) is 22.3 Å². The Labute approximate surface area is 223 Å². The van der Waals surface area contributed by atoms with E-state index in [9.17, 15) is 9.59 Å². The highest BCUT2D eigenvalue weighted by atomic mass is 16.5. The fourth-order valence-electron chi connectivity index (χ4n) is 3.10. The minimum atomic E-state index is -0.512. The van der Waals surface area contributed by atoms with Crippen LogP contribution in [0.25, 0.3) is 23.3 Å². The van der Waals surface area contributed by atoms with Gasteiger partial charge in [-0.25, -0.2) is 9.59 Å². The number of hydrogen-bond acceptors (Lipinski definition) is 5. The number of rotatable bonds is 10. The molecule has 0 fully saturated rings. The molecule has 3 rings (SSSR count). The molecule has 0 unspecified atom stereocenters. The number of hydrogen-bond donors (Lipinski definition) is 0. The van der Waals surface area contributed by atoms with Crippen LogP contribution in [0.2, 0.25) is 0 Å². The monoisotopic (exact) mass is 506 g/mol. The average Bonchev–Trinajstić information content (AvgIpc) is 2.89. The van der Waals surface area contributed by atoms with E-state index in [0.29, 0.717) is 39.7 Å². The van der Waals surface area contributed by atoms with E-state index in [2.05, 4.69) is 26.3 Å². The summed E-state index contributed by atoms with van der Waals surface area (Å²) in [6, 6.07) is 20.2. The van der Waals surface area contributed by atoms with Gasteiger partial charge >= 0.3 is 11.9 Å². The van der Waals surface area contributed by atoms with Crippen LogP contribution in [0.15, 0.2) is 116 Å². The van der Waals surface area contributed by atoms with Crippen molar-refractivity contribution in [2.24, 2.45) is 0 Å². The smallest absolute Gasteiger partial charge is 0.338 e. The molecule has 0 radical (unpaired) electrons.